The molecule has 1 saturated heterocycles. The van der Waals surface area contributed by atoms with Crippen LogP contribution in [0.3, 0.4) is 0 Å². The Balaban J connectivity index is 1.46. The van der Waals surface area contributed by atoms with E-state index in [4.69, 9.17) is 9.47 Å². The number of nitrogens with zero attached hydrogens (tertiary/aromatic N) is 2. The number of hydrogen-bond acceptors (Lipinski definition) is 4. The van der Waals surface area contributed by atoms with E-state index in [0.29, 0.717) is 13.0 Å². The first-order valence-corrected chi connectivity index (χ1v) is 8.94. The standard InChI is InChI=1S/C18H26N4O3/c1-2-19-18(20-8-4-10-22-9-3-5-17(22)23)21-12-14-6-7-15-16(11-14)25-13-24-15/h6-7,11H,2-5,8-10,12-13H2,1H3,(H2,19,20,21). The molecule has 2 heterocycles. The quantitative estimate of drug-likeness (QED) is 0.444. The van der Waals surface area contributed by atoms with E-state index in [1.54, 1.807) is 0 Å². The summed E-state index contributed by atoms with van der Waals surface area (Å²) in [5.41, 5.74) is 1.07. The number of likely N-dealkylation sites (tertiary alicyclic amines) is 1. The zero-order valence-corrected chi connectivity index (χ0v) is 14.7. The topological polar surface area (TPSA) is 75.2 Å². The Kier molecular flexibility index (Phi) is 5.98. The third-order valence-corrected chi connectivity index (χ3v) is 4.27. The highest BCUT2D eigenvalue weighted by Gasteiger charge is 2.19. The summed E-state index contributed by atoms with van der Waals surface area (Å²) >= 11 is 0. The van der Waals surface area contributed by atoms with Gasteiger partial charge in [-0.15, -0.1) is 0 Å². The van der Waals surface area contributed by atoms with Gasteiger partial charge in [0.05, 0.1) is 6.54 Å². The summed E-state index contributed by atoms with van der Waals surface area (Å²) in [4.78, 5) is 18.1. The molecule has 0 saturated carbocycles. The first-order chi connectivity index (χ1) is 12.3. The number of aliphatic imine (C=N–C) groups is 1. The van der Waals surface area contributed by atoms with Crippen LogP contribution in [0.25, 0.3) is 0 Å². The molecule has 0 aliphatic carbocycles. The van der Waals surface area contributed by atoms with Gasteiger partial charge in [0.15, 0.2) is 17.5 Å². The van der Waals surface area contributed by atoms with E-state index in [1.807, 2.05) is 30.0 Å². The molecule has 1 amide bonds. The maximum absolute atomic E-state index is 11.6. The van der Waals surface area contributed by atoms with E-state index in [-0.39, 0.29) is 12.7 Å². The average molecular weight is 346 g/mol. The SMILES string of the molecule is CCNC(=NCc1ccc2c(c1)OCO2)NCCCN1CCCC1=O. The summed E-state index contributed by atoms with van der Waals surface area (Å²) in [7, 11) is 0. The lowest BCUT2D eigenvalue weighted by molar-refractivity contribution is -0.127. The number of fused-ring (bicyclic) bond motifs is 1. The molecule has 0 radical (unpaired) electrons. The Morgan fingerprint density at radius 2 is 2.16 bits per heavy atom. The average Bonchev–Trinajstić information content (AvgIpc) is 3.24. The Hall–Kier alpha value is -2.44. The summed E-state index contributed by atoms with van der Waals surface area (Å²) < 4.78 is 10.7. The van der Waals surface area contributed by atoms with Gasteiger partial charge >= 0.3 is 0 Å². The van der Waals surface area contributed by atoms with E-state index in [0.717, 1.165) is 62.0 Å². The number of carbonyl (C=O) groups is 1. The van der Waals surface area contributed by atoms with Crippen LogP contribution < -0.4 is 20.1 Å². The minimum Gasteiger partial charge on any atom is -0.454 e. The highest BCUT2D eigenvalue weighted by molar-refractivity contribution is 5.80. The third kappa shape index (κ3) is 4.78. The maximum atomic E-state index is 11.6. The summed E-state index contributed by atoms with van der Waals surface area (Å²) in [5, 5.41) is 6.57. The molecule has 0 spiro atoms. The van der Waals surface area contributed by atoms with Crippen molar-refractivity contribution in [1.82, 2.24) is 15.5 Å². The molecule has 7 heteroatoms. The molecule has 7 nitrogen and oxygen atoms in total. The van der Waals surface area contributed by atoms with Crippen molar-refractivity contribution in [2.24, 2.45) is 4.99 Å². The maximum Gasteiger partial charge on any atom is 0.231 e. The Morgan fingerprint density at radius 1 is 1.28 bits per heavy atom. The first-order valence-electron chi connectivity index (χ1n) is 8.94. The molecule has 2 aliphatic rings. The van der Waals surface area contributed by atoms with Crippen LogP contribution in [0, 0.1) is 0 Å². The van der Waals surface area contributed by atoms with Crippen molar-refractivity contribution in [1.29, 1.82) is 0 Å². The third-order valence-electron chi connectivity index (χ3n) is 4.27. The van der Waals surface area contributed by atoms with E-state index < -0.39 is 0 Å². The van der Waals surface area contributed by atoms with Gasteiger partial charge in [0.1, 0.15) is 0 Å². The number of rotatable bonds is 7. The zero-order chi connectivity index (χ0) is 17.5. The molecule has 0 bridgehead atoms. The predicted molar refractivity (Wildman–Crippen MR) is 95.8 cm³/mol. The molecule has 25 heavy (non-hydrogen) atoms. The lowest BCUT2D eigenvalue weighted by atomic mass is 10.2. The van der Waals surface area contributed by atoms with Gasteiger partial charge in [-0.25, -0.2) is 4.99 Å². The summed E-state index contributed by atoms with van der Waals surface area (Å²) in [6.45, 7) is 6.20. The largest absolute Gasteiger partial charge is 0.454 e. The van der Waals surface area contributed by atoms with Crippen molar-refractivity contribution >= 4 is 11.9 Å². The molecule has 2 N–H and O–H groups in total. The Morgan fingerprint density at radius 3 is 2.96 bits per heavy atom. The van der Waals surface area contributed by atoms with Gasteiger partial charge in [0, 0.05) is 32.6 Å². The van der Waals surface area contributed by atoms with E-state index >= 15 is 0 Å². The van der Waals surface area contributed by atoms with Gasteiger partial charge in [0.2, 0.25) is 12.7 Å². The summed E-state index contributed by atoms with van der Waals surface area (Å²) in [6.07, 6.45) is 2.61. The van der Waals surface area contributed by atoms with Crippen LogP contribution in [0.4, 0.5) is 0 Å². The van der Waals surface area contributed by atoms with Crippen LogP contribution in [-0.2, 0) is 11.3 Å². The Labute approximate surface area is 148 Å². The molecule has 1 aromatic rings. The predicted octanol–water partition coefficient (Wildman–Crippen LogP) is 1.48. The van der Waals surface area contributed by atoms with Crippen LogP contribution in [0.1, 0.15) is 31.7 Å². The van der Waals surface area contributed by atoms with Crippen molar-refractivity contribution in [3.63, 3.8) is 0 Å². The van der Waals surface area contributed by atoms with Crippen LogP contribution in [0.2, 0.25) is 0 Å². The van der Waals surface area contributed by atoms with Gasteiger partial charge < -0.3 is 25.0 Å². The molecule has 136 valence electrons. The number of hydrogen-bond donors (Lipinski definition) is 2. The van der Waals surface area contributed by atoms with Crippen LogP contribution in [0.15, 0.2) is 23.2 Å². The van der Waals surface area contributed by atoms with Gasteiger partial charge in [-0.2, -0.15) is 0 Å². The Bertz CT molecular complexity index is 633. The molecule has 1 aromatic carbocycles. The molecule has 0 unspecified atom stereocenters. The second-order valence-electron chi connectivity index (χ2n) is 6.15. The summed E-state index contributed by atoms with van der Waals surface area (Å²) in [6, 6.07) is 5.88. The number of benzene rings is 1. The number of carbonyl (C=O) groups excluding carboxylic acids is 1. The highest BCUT2D eigenvalue weighted by atomic mass is 16.7. The molecule has 1 fully saturated rings. The lowest BCUT2D eigenvalue weighted by Crippen LogP contribution is -2.39. The van der Waals surface area contributed by atoms with E-state index in [1.165, 1.54) is 0 Å². The molecule has 0 aromatic heterocycles. The second-order valence-corrected chi connectivity index (χ2v) is 6.15. The van der Waals surface area contributed by atoms with Crippen LogP contribution in [-0.4, -0.2) is 49.7 Å². The fraction of sp³-hybridized carbons (Fsp3) is 0.556. The number of nitrogens with one attached hydrogen (secondary N) is 2. The van der Waals surface area contributed by atoms with Crippen molar-refractivity contribution in [3.8, 4) is 11.5 Å². The first kappa shape index (κ1) is 17.4. The van der Waals surface area contributed by atoms with Crippen molar-refractivity contribution in [3.05, 3.63) is 23.8 Å². The smallest absolute Gasteiger partial charge is 0.231 e. The minimum atomic E-state index is 0.281. The highest BCUT2D eigenvalue weighted by Crippen LogP contribution is 2.32. The van der Waals surface area contributed by atoms with Gasteiger partial charge in [-0.3, -0.25) is 4.79 Å². The number of ether oxygens (including phenoxy) is 2. The van der Waals surface area contributed by atoms with Gasteiger partial charge in [0.25, 0.3) is 0 Å². The van der Waals surface area contributed by atoms with Crippen LogP contribution in [0.5, 0.6) is 11.5 Å². The van der Waals surface area contributed by atoms with E-state index in [9.17, 15) is 4.79 Å². The minimum absolute atomic E-state index is 0.281. The molecular weight excluding hydrogens is 320 g/mol. The molecule has 2 aliphatic heterocycles. The number of guanidine groups is 1. The summed E-state index contributed by atoms with van der Waals surface area (Å²) in [5.74, 6) is 2.63. The van der Waals surface area contributed by atoms with E-state index in [2.05, 4.69) is 15.6 Å². The fourth-order valence-corrected chi connectivity index (χ4v) is 2.97. The van der Waals surface area contributed by atoms with Gasteiger partial charge in [-0.1, -0.05) is 6.07 Å². The van der Waals surface area contributed by atoms with Gasteiger partial charge in [-0.05, 0) is 37.5 Å². The molecule has 0 atom stereocenters. The van der Waals surface area contributed by atoms with Crippen LogP contribution >= 0.6 is 0 Å². The second kappa shape index (κ2) is 8.60. The zero-order valence-electron chi connectivity index (χ0n) is 14.7. The van der Waals surface area contributed by atoms with Crippen molar-refractivity contribution in [2.75, 3.05) is 33.0 Å². The van der Waals surface area contributed by atoms with Crippen molar-refractivity contribution < 1.29 is 14.3 Å². The lowest BCUT2D eigenvalue weighted by Gasteiger charge is -2.16. The fourth-order valence-electron chi connectivity index (χ4n) is 2.97. The number of amides is 1. The van der Waals surface area contributed by atoms with Crippen molar-refractivity contribution in [2.45, 2.75) is 32.7 Å². The molecule has 3 rings (SSSR count). The molecular formula is C18H26N4O3. The normalized spacial score (nSPS) is 16.4. The monoisotopic (exact) mass is 346 g/mol.